The van der Waals surface area contributed by atoms with Crippen LogP contribution in [0.5, 0.6) is 0 Å². The van der Waals surface area contributed by atoms with E-state index in [1.54, 1.807) is 23.5 Å². The summed E-state index contributed by atoms with van der Waals surface area (Å²) in [7, 11) is 0. The minimum absolute atomic E-state index is 0.0339. The second-order valence-electron chi connectivity index (χ2n) is 4.57. The number of aromatic nitrogens is 2. The third-order valence-corrected chi connectivity index (χ3v) is 3.90. The summed E-state index contributed by atoms with van der Waals surface area (Å²) in [5, 5.41) is 19.1. The van der Waals surface area contributed by atoms with Crippen LogP contribution < -0.4 is 5.56 Å². The second-order valence-corrected chi connectivity index (χ2v) is 5.60. The van der Waals surface area contributed by atoms with Crippen LogP contribution in [0.2, 0.25) is 0 Å². The van der Waals surface area contributed by atoms with Crippen molar-refractivity contribution < 1.29 is 0 Å². The summed E-state index contributed by atoms with van der Waals surface area (Å²) >= 11 is 1.58. The van der Waals surface area contributed by atoms with Gasteiger partial charge in [0.05, 0.1) is 12.2 Å². The summed E-state index contributed by atoms with van der Waals surface area (Å²) in [6.07, 6.45) is 0. The molecule has 0 aliphatic carbocycles. The SMILES string of the molecule is N#Cc1c(-c2ccccc2)nc(N=NCc2cccs2)[nH]c1=O. The highest BCUT2D eigenvalue weighted by molar-refractivity contribution is 7.09. The zero-order valence-electron chi connectivity index (χ0n) is 11.9. The first-order valence-corrected chi connectivity index (χ1v) is 7.65. The first-order chi connectivity index (χ1) is 11.3. The zero-order valence-corrected chi connectivity index (χ0v) is 12.7. The van der Waals surface area contributed by atoms with Crippen molar-refractivity contribution in [2.75, 3.05) is 0 Å². The molecule has 1 N–H and O–H groups in total. The van der Waals surface area contributed by atoms with Gasteiger partial charge in [0.2, 0.25) is 5.95 Å². The fraction of sp³-hybridized carbons (Fsp3) is 0.0625. The minimum Gasteiger partial charge on any atom is -0.288 e. The molecule has 2 aromatic heterocycles. The number of azo groups is 1. The van der Waals surface area contributed by atoms with Gasteiger partial charge >= 0.3 is 0 Å². The number of hydrogen-bond donors (Lipinski definition) is 1. The normalized spacial score (nSPS) is 10.7. The van der Waals surface area contributed by atoms with Crippen molar-refractivity contribution in [2.45, 2.75) is 6.54 Å². The van der Waals surface area contributed by atoms with Crippen molar-refractivity contribution in [3.05, 3.63) is 68.6 Å². The summed E-state index contributed by atoms with van der Waals surface area (Å²) in [4.78, 5) is 19.8. The van der Waals surface area contributed by atoms with Crippen molar-refractivity contribution in [3.63, 3.8) is 0 Å². The molecule has 0 amide bonds. The molecule has 3 rings (SSSR count). The van der Waals surface area contributed by atoms with Crippen molar-refractivity contribution >= 4 is 17.3 Å². The Morgan fingerprint density at radius 2 is 2.04 bits per heavy atom. The lowest BCUT2D eigenvalue weighted by atomic mass is 10.1. The maximum absolute atomic E-state index is 12.0. The molecule has 0 saturated carbocycles. The zero-order chi connectivity index (χ0) is 16.1. The number of H-pyrrole nitrogens is 1. The van der Waals surface area contributed by atoms with Gasteiger partial charge in [-0.25, -0.2) is 4.98 Å². The van der Waals surface area contributed by atoms with Crippen molar-refractivity contribution in [3.8, 4) is 17.3 Å². The molecule has 0 unspecified atom stereocenters. The molecule has 6 nitrogen and oxygen atoms in total. The Labute approximate surface area is 135 Å². The van der Waals surface area contributed by atoms with Gasteiger partial charge < -0.3 is 0 Å². The molecule has 0 atom stereocenters. The van der Waals surface area contributed by atoms with E-state index in [1.165, 1.54) is 0 Å². The molecule has 3 aromatic rings. The van der Waals surface area contributed by atoms with Crippen molar-refractivity contribution in [1.82, 2.24) is 9.97 Å². The van der Waals surface area contributed by atoms with E-state index >= 15 is 0 Å². The lowest BCUT2D eigenvalue weighted by molar-refractivity contribution is 0.933. The van der Waals surface area contributed by atoms with E-state index in [-0.39, 0.29) is 11.5 Å². The molecule has 0 radical (unpaired) electrons. The van der Waals surface area contributed by atoms with Crippen LogP contribution in [-0.4, -0.2) is 9.97 Å². The number of nitrogens with zero attached hydrogens (tertiary/aromatic N) is 4. The predicted molar refractivity (Wildman–Crippen MR) is 87.5 cm³/mol. The highest BCUT2D eigenvalue weighted by Gasteiger charge is 2.12. The van der Waals surface area contributed by atoms with Crippen molar-refractivity contribution in [2.24, 2.45) is 10.2 Å². The van der Waals surface area contributed by atoms with Gasteiger partial charge in [-0.3, -0.25) is 9.78 Å². The maximum atomic E-state index is 12.0. The van der Waals surface area contributed by atoms with Gasteiger partial charge in [0.1, 0.15) is 11.6 Å². The van der Waals surface area contributed by atoms with Crippen LogP contribution in [0.15, 0.2) is 62.9 Å². The lowest BCUT2D eigenvalue weighted by Gasteiger charge is -2.03. The van der Waals surface area contributed by atoms with E-state index in [0.29, 0.717) is 17.8 Å². The molecule has 0 aliphatic heterocycles. The fourth-order valence-electron chi connectivity index (χ4n) is 1.99. The van der Waals surface area contributed by atoms with E-state index in [0.717, 1.165) is 4.88 Å². The Morgan fingerprint density at radius 1 is 1.22 bits per heavy atom. The van der Waals surface area contributed by atoms with Crippen LogP contribution >= 0.6 is 11.3 Å². The van der Waals surface area contributed by atoms with Gasteiger partial charge in [0, 0.05) is 10.4 Å². The molecule has 23 heavy (non-hydrogen) atoms. The Morgan fingerprint density at radius 3 is 2.74 bits per heavy atom. The number of thiophene rings is 1. The maximum Gasteiger partial charge on any atom is 0.270 e. The highest BCUT2D eigenvalue weighted by atomic mass is 32.1. The van der Waals surface area contributed by atoms with Crippen LogP contribution in [-0.2, 0) is 6.54 Å². The molecule has 7 heteroatoms. The summed E-state index contributed by atoms with van der Waals surface area (Å²) in [5.74, 6) is 0.0874. The minimum atomic E-state index is -0.522. The quantitative estimate of drug-likeness (QED) is 0.743. The number of rotatable bonds is 4. The van der Waals surface area contributed by atoms with Gasteiger partial charge in [-0.1, -0.05) is 36.4 Å². The first kappa shape index (κ1) is 14.8. The fourth-order valence-corrected chi connectivity index (χ4v) is 2.61. The summed E-state index contributed by atoms with van der Waals surface area (Å²) in [6, 6.07) is 14.8. The Bertz CT molecular complexity index is 923. The number of nitriles is 1. The van der Waals surface area contributed by atoms with Crippen LogP contribution in [0.4, 0.5) is 5.95 Å². The van der Waals surface area contributed by atoms with Crippen LogP contribution in [0.1, 0.15) is 10.4 Å². The van der Waals surface area contributed by atoms with E-state index in [9.17, 15) is 10.1 Å². The summed E-state index contributed by atoms with van der Waals surface area (Å²) in [6.45, 7) is 0.419. The Hall–Kier alpha value is -3.11. The monoisotopic (exact) mass is 321 g/mol. The number of benzene rings is 1. The second kappa shape index (κ2) is 6.77. The molecule has 1 aromatic carbocycles. The van der Waals surface area contributed by atoms with E-state index in [2.05, 4.69) is 20.2 Å². The highest BCUT2D eigenvalue weighted by Crippen LogP contribution is 2.20. The van der Waals surface area contributed by atoms with Crippen LogP contribution in [0.25, 0.3) is 11.3 Å². The average molecular weight is 321 g/mol. The average Bonchev–Trinajstić information content (AvgIpc) is 3.08. The van der Waals surface area contributed by atoms with Gasteiger partial charge in [0.15, 0.2) is 0 Å². The molecule has 0 aliphatic rings. The van der Waals surface area contributed by atoms with Crippen molar-refractivity contribution in [1.29, 1.82) is 5.26 Å². The predicted octanol–water partition coefficient (Wildman–Crippen LogP) is 3.65. The van der Waals surface area contributed by atoms with Gasteiger partial charge in [-0.05, 0) is 11.4 Å². The smallest absolute Gasteiger partial charge is 0.270 e. The van der Waals surface area contributed by atoms with E-state index < -0.39 is 5.56 Å². The van der Waals surface area contributed by atoms with Crippen LogP contribution in [0.3, 0.4) is 0 Å². The largest absolute Gasteiger partial charge is 0.288 e. The lowest BCUT2D eigenvalue weighted by Crippen LogP contribution is -2.13. The molecule has 112 valence electrons. The van der Waals surface area contributed by atoms with Gasteiger partial charge in [-0.2, -0.15) is 10.4 Å². The standard InChI is InChI=1S/C16H11N5OS/c17-9-13-14(11-5-2-1-3-6-11)19-16(20-15(13)22)21-18-10-12-7-4-8-23-12/h1-8H,10H2,(H,19,20,22). The molecule has 0 bridgehead atoms. The van der Waals surface area contributed by atoms with Crippen LogP contribution in [0, 0.1) is 11.3 Å². The molecular formula is C16H11N5OS. The number of aromatic amines is 1. The molecule has 0 saturated heterocycles. The molecule has 0 spiro atoms. The van der Waals surface area contributed by atoms with E-state index in [4.69, 9.17) is 0 Å². The molecular weight excluding hydrogens is 310 g/mol. The first-order valence-electron chi connectivity index (χ1n) is 6.77. The third-order valence-electron chi connectivity index (χ3n) is 3.04. The summed E-state index contributed by atoms with van der Waals surface area (Å²) < 4.78 is 0. The third kappa shape index (κ3) is 3.39. The topological polar surface area (TPSA) is 94.3 Å². The Balaban J connectivity index is 1.97. The van der Waals surface area contributed by atoms with Gasteiger partial charge in [-0.15, -0.1) is 16.5 Å². The number of nitrogens with one attached hydrogen (secondary N) is 1. The number of hydrogen-bond acceptors (Lipinski definition) is 6. The Kier molecular flexibility index (Phi) is 4.36. The summed E-state index contributed by atoms with van der Waals surface area (Å²) in [5.41, 5.74) is 0.437. The molecule has 2 heterocycles. The van der Waals surface area contributed by atoms with Gasteiger partial charge in [0.25, 0.3) is 5.56 Å². The van der Waals surface area contributed by atoms with E-state index in [1.807, 2.05) is 41.8 Å². The molecule has 0 fully saturated rings.